The van der Waals surface area contributed by atoms with Gasteiger partial charge in [-0.15, -0.1) is 11.6 Å². The standard InChI is InChI=1S/C20H22Cl2O3/c1-5-15-11(2)16(12(3)18(19(15)23)20(24)25-4)10-17(22)13-6-8-14(21)9-7-13/h6-9,17,23H,5,10H2,1-4H3. The molecule has 2 aromatic carbocycles. The molecule has 0 heterocycles. The summed E-state index contributed by atoms with van der Waals surface area (Å²) in [6, 6.07) is 7.40. The number of phenols is 1. The molecule has 1 atom stereocenters. The van der Waals surface area contributed by atoms with Crippen LogP contribution in [0.4, 0.5) is 0 Å². The number of esters is 1. The quantitative estimate of drug-likeness (QED) is 0.547. The van der Waals surface area contributed by atoms with Crippen molar-refractivity contribution in [3.8, 4) is 5.75 Å². The smallest absolute Gasteiger partial charge is 0.341 e. The summed E-state index contributed by atoms with van der Waals surface area (Å²) >= 11 is 12.5. The van der Waals surface area contributed by atoms with Gasteiger partial charge in [-0.05, 0) is 66.6 Å². The number of aromatic hydroxyl groups is 1. The van der Waals surface area contributed by atoms with Crippen LogP contribution in [0.3, 0.4) is 0 Å². The van der Waals surface area contributed by atoms with Crippen molar-refractivity contribution in [2.45, 2.75) is 39.0 Å². The van der Waals surface area contributed by atoms with E-state index in [9.17, 15) is 9.90 Å². The van der Waals surface area contributed by atoms with Crippen LogP contribution >= 0.6 is 23.2 Å². The molecule has 25 heavy (non-hydrogen) atoms. The Balaban J connectivity index is 2.52. The number of alkyl halides is 1. The van der Waals surface area contributed by atoms with Crippen LogP contribution in [0.1, 0.15) is 50.5 Å². The minimum atomic E-state index is -0.538. The molecule has 0 fully saturated rings. The Hall–Kier alpha value is -1.71. The number of hydrogen-bond donors (Lipinski definition) is 1. The topological polar surface area (TPSA) is 46.5 Å². The maximum atomic E-state index is 12.2. The summed E-state index contributed by atoms with van der Waals surface area (Å²) in [5, 5.41) is 10.9. The molecule has 1 unspecified atom stereocenters. The molecule has 1 N–H and O–H groups in total. The summed E-state index contributed by atoms with van der Waals surface area (Å²) < 4.78 is 4.85. The molecule has 5 heteroatoms. The Labute approximate surface area is 158 Å². The van der Waals surface area contributed by atoms with Gasteiger partial charge < -0.3 is 9.84 Å². The number of hydrogen-bond acceptors (Lipinski definition) is 3. The van der Waals surface area contributed by atoms with Gasteiger partial charge in [0.15, 0.2) is 0 Å². The third-order valence-corrected chi connectivity index (χ3v) is 5.27. The van der Waals surface area contributed by atoms with E-state index in [0.29, 0.717) is 23.4 Å². The largest absolute Gasteiger partial charge is 0.507 e. The van der Waals surface area contributed by atoms with Gasteiger partial charge in [0.2, 0.25) is 0 Å². The minimum Gasteiger partial charge on any atom is -0.507 e. The highest BCUT2D eigenvalue weighted by atomic mass is 35.5. The molecule has 0 aliphatic rings. The summed E-state index contributed by atoms with van der Waals surface area (Å²) in [6.07, 6.45) is 1.15. The molecule has 134 valence electrons. The van der Waals surface area contributed by atoms with E-state index in [-0.39, 0.29) is 16.7 Å². The maximum Gasteiger partial charge on any atom is 0.341 e. The number of benzene rings is 2. The van der Waals surface area contributed by atoms with E-state index < -0.39 is 5.97 Å². The van der Waals surface area contributed by atoms with Crippen LogP contribution in [0.2, 0.25) is 5.02 Å². The summed E-state index contributed by atoms with van der Waals surface area (Å²) in [5.41, 5.74) is 4.56. The van der Waals surface area contributed by atoms with Crippen LogP contribution in [0.5, 0.6) is 5.75 Å². The van der Waals surface area contributed by atoms with E-state index in [4.69, 9.17) is 27.9 Å². The molecule has 0 saturated heterocycles. The predicted molar refractivity (Wildman–Crippen MR) is 102 cm³/mol. The van der Waals surface area contributed by atoms with Crippen LogP contribution in [0.15, 0.2) is 24.3 Å². The van der Waals surface area contributed by atoms with Gasteiger partial charge in [-0.1, -0.05) is 30.7 Å². The van der Waals surface area contributed by atoms with Crippen molar-refractivity contribution in [3.63, 3.8) is 0 Å². The summed E-state index contributed by atoms with van der Waals surface area (Å²) in [7, 11) is 1.31. The summed E-state index contributed by atoms with van der Waals surface area (Å²) in [4.78, 5) is 12.2. The fraction of sp³-hybridized carbons (Fsp3) is 0.350. The molecular formula is C20H22Cl2O3. The Morgan fingerprint density at radius 2 is 1.76 bits per heavy atom. The van der Waals surface area contributed by atoms with Crippen molar-refractivity contribution >= 4 is 29.2 Å². The van der Waals surface area contributed by atoms with Gasteiger partial charge in [-0.25, -0.2) is 4.79 Å². The minimum absolute atomic E-state index is 0.00529. The van der Waals surface area contributed by atoms with E-state index in [1.165, 1.54) is 7.11 Å². The Morgan fingerprint density at radius 1 is 1.16 bits per heavy atom. The first kappa shape index (κ1) is 19.6. The number of halogens is 2. The van der Waals surface area contributed by atoms with E-state index in [1.54, 1.807) is 12.1 Å². The molecule has 0 aliphatic carbocycles. The van der Waals surface area contributed by atoms with Crippen LogP contribution < -0.4 is 0 Å². The average Bonchev–Trinajstić information content (AvgIpc) is 2.59. The first-order valence-corrected chi connectivity index (χ1v) is 8.94. The summed E-state index contributed by atoms with van der Waals surface area (Å²) in [6.45, 7) is 5.71. The number of ether oxygens (including phenoxy) is 1. The summed E-state index contributed by atoms with van der Waals surface area (Å²) in [5.74, 6) is -0.533. The van der Waals surface area contributed by atoms with Crippen molar-refractivity contribution < 1.29 is 14.6 Å². The molecule has 0 amide bonds. The van der Waals surface area contributed by atoms with Gasteiger partial charge in [0, 0.05) is 5.02 Å². The second-order valence-corrected chi connectivity index (χ2v) is 6.96. The van der Waals surface area contributed by atoms with Crippen molar-refractivity contribution in [3.05, 3.63) is 62.7 Å². The van der Waals surface area contributed by atoms with E-state index in [0.717, 1.165) is 22.3 Å². The molecule has 2 aromatic rings. The van der Waals surface area contributed by atoms with Crippen molar-refractivity contribution in [1.29, 1.82) is 0 Å². The first-order valence-electron chi connectivity index (χ1n) is 8.13. The molecule has 0 aliphatic heterocycles. The third-order valence-electron chi connectivity index (χ3n) is 4.61. The molecule has 0 bridgehead atoms. The molecule has 0 radical (unpaired) electrons. The Kier molecular flexibility index (Phi) is 6.36. The fourth-order valence-electron chi connectivity index (χ4n) is 3.18. The number of rotatable bonds is 5. The zero-order chi connectivity index (χ0) is 18.7. The lowest BCUT2D eigenvalue weighted by Gasteiger charge is -2.21. The van der Waals surface area contributed by atoms with E-state index >= 15 is 0 Å². The second kappa shape index (κ2) is 8.11. The zero-order valence-corrected chi connectivity index (χ0v) is 16.3. The van der Waals surface area contributed by atoms with Gasteiger partial charge >= 0.3 is 5.97 Å². The van der Waals surface area contributed by atoms with Gasteiger partial charge in [0.1, 0.15) is 11.3 Å². The molecule has 2 rings (SSSR count). The lowest BCUT2D eigenvalue weighted by atomic mass is 9.87. The molecule has 3 nitrogen and oxygen atoms in total. The second-order valence-electron chi connectivity index (χ2n) is 6.00. The number of carbonyl (C=O) groups is 1. The van der Waals surface area contributed by atoms with Gasteiger partial charge in [-0.2, -0.15) is 0 Å². The third kappa shape index (κ3) is 3.94. The fourth-order valence-corrected chi connectivity index (χ4v) is 3.61. The van der Waals surface area contributed by atoms with E-state index in [1.807, 2.05) is 32.9 Å². The zero-order valence-electron chi connectivity index (χ0n) is 14.8. The van der Waals surface area contributed by atoms with Gasteiger partial charge in [-0.3, -0.25) is 0 Å². The molecule has 0 saturated carbocycles. The van der Waals surface area contributed by atoms with Gasteiger partial charge in [0.05, 0.1) is 12.5 Å². The molecule has 0 spiro atoms. The Bertz CT molecular complexity index is 783. The predicted octanol–water partition coefficient (Wildman–Crippen LogP) is 5.53. The molecule has 0 aromatic heterocycles. The van der Waals surface area contributed by atoms with Gasteiger partial charge in [0.25, 0.3) is 0 Å². The van der Waals surface area contributed by atoms with Crippen molar-refractivity contribution in [1.82, 2.24) is 0 Å². The van der Waals surface area contributed by atoms with Crippen LogP contribution in [0, 0.1) is 13.8 Å². The SMILES string of the molecule is CCc1c(C)c(CC(Cl)c2ccc(Cl)cc2)c(C)c(C(=O)OC)c1O. The maximum absolute atomic E-state index is 12.2. The monoisotopic (exact) mass is 380 g/mol. The van der Waals surface area contributed by atoms with Crippen LogP contribution in [-0.4, -0.2) is 18.2 Å². The highest BCUT2D eigenvalue weighted by molar-refractivity contribution is 6.30. The number of methoxy groups -OCH3 is 1. The highest BCUT2D eigenvalue weighted by Gasteiger charge is 2.25. The number of phenolic OH excluding ortho intramolecular Hbond substituents is 1. The van der Waals surface area contributed by atoms with Crippen LogP contribution in [-0.2, 0) is 17.6 Å². The molecular weight excluding hydrogens is 359 g/mol. The lowest BCUT2D eigenvalue weighted by Crippen LogP contribution is -2.12. The number of carbonyl (C=O) groups excluding carboxylic acids is 1. The van der Waals surface area contributed by atoms with Crippen LogP contribution in [0.25, 0.3) is 0 Å². The Morgan fingerprint density at radius 3 is 2.28 bits per heavy atom. The van der Waals surface area contributed by atoms with E-state index in [2.05, 4.69) is 0 Å². The average molecular weight is 381 g/mol. The van der Waals surface area contributed by atoms with Crippen molar-refractivity contribution in [2.24, 2.45) is 0 Å². The highest BCUT2D eigenvalue weighted by Crippen LogP contribution is 2.37. The van der Waals surface area contributed by atoms with Crippen molar-refractivity contribution in [2.75, 3.05) is 7.11 Å². The normalized spacial score (nSPS) is 12.1. The lowest BCUT2D eigenvalue weighted by molar-refractivity contribution is 0.0596. The first-order chi connectivity index (χ1) is 11.8.